The summed E-state index contributed by atoms with van der Waals surface area (Å²) >= 11 is 0. The van der Waals surface area contributed by atoms with Crippen molar-refractivity contribution in [2.24, 2.45) is 0 Å². The molecule has 2 aromatic heterocycles. The van der Waals surface area contributed by atoms with E-state index in [0.29, 0.717) is 5.52 Å². The molecule has 0 aliphatic rings. The topological polar surface area (TPSA) is 59.8 Å². The van der Waals surface area contributed by atoms with Gasteiger partial charge < -0.3 is 5.32 Å². The van der Waals surface area contributed by atoms with Gasteiger partial charge in [0.05, 0.1) is 5.52 Å². The van der Waals surface area contributed by atoms with Crippen molar-refractivity contribution in [2.75, 3.05) is 5.32 Å². The van der Waals surface area contributed by atoms with Crippen molar-refractivity contribution in [3.8, 4) is 0 Å². The van der Waals surface area contributed by atoms with Crippen LogP contribution in [0.4, 0.5) is 14.6 Å². The van der Waals surface area contributed by atoms with Gasteiger partial charge in [0.15, 0.2) is 0 Å². The SMILES string of the molecule is CC(=O)Nc1cc2c(cn1)c(C(F)F)nn2C(c1ccccc1)(c1ccccc1)c1ccccc1. The third kappa shape index (κ3) is 3.85. The van der Waals surface area contributed by atoms with Crippen molar-refractivity contribution >= 4 is 22.6 Å². The number of nitrogens with one attached hydrogen (secondary N) is 1. The highest BCUT2D eigenvalue weighted by Crippen LogP contribution is 2.43. The summed E-state index contributed by atoms with van der Waals surface area (Å²) in [5.74, 6) is -0.0486. The molecule has 0 saturated carbocycles. The van der Waals surface area contributed by atoms with Gasteiger partial charge >= 0.3 is 0 Å². The van der Waals surface area contributed by atoms with Gasteiger partial charge in [-0.1, -0.05) is 91.0 Å². The van der Waals surface area contributed by atoms with Crippen LogP contribution in [0.3, 0.4) is 0 Å². The largest absolute Gasteiger partial charge is 0.311 e. The van der Waals surface area contributed by atoms with Crippen LogP contribution in [-0.4, -0.2) is 20.7 Å². The Balaban J connectivity index is 1.96. The number of benzene rings is 3. The molecule has 5 nitrogen and oxygen atoms in total. The molecule has 5 rings (SSSR count). The number of halogens is 2. The van der Waals surface area contributed by atoms with Crippen LogP contribution in [0.2, 0.25) is 0 Å². The number of pyridine rings is 1. The number of amides is 1. The number of alkyl halides is 2. The fourth-order valence-electron chi connectivity index (χ4n) is 4.60. The Morgan fingerprint density at radius 2 is 1.34 bits per heavy atom. The molecule has 2 heterocycles. The van der Waals surface area contributed by atoms with Gasteiger partial charge in [-0.2, -0.15) is 5.10 Å². The minimum absolute atomic E-state index is 0.223. The summed E-state index contributed by atoms with van der Waals surface area (Å²) in [4.78, 5) is 15.9. The van der Waals surface area contributed by atoms with Crippen LogP contribution in [-0.2, 0) is 10.3 Å². The Morgan fingerprint density at radius 1 is 0.857 bits per heavy atom. The van der Waals surface area contributed by atoms with E-state index in [-0.39, 0.29) is 22.8 Å². The number of anilines is 1. The minimum Gasteiger partial charge on any atom is -0.311 e. The van der Waals surface area contributed by atoms with E-state index in [1.54, 1.807) is 10.7 Å². The van der Waals surface area contributed by atoms with Gasteiger partial charge in [0, 0.05) is 24.6 Å². The molecule has 0 saturated heterocycles. The smallest absolute Gasteiger partial charge is 0.282 e. The van der Waals surface area contributed by atoms with E-state index < -0.39 is 12.0 Å². The average Bonchev–Trinajstić information content (AvgIpc) is 3.26. The van der Waals surface area contributed by atoms with Crippen molar-refractivity contribution in [1.29, 1.82) is 0 Å². The van der Waals surface area contributed by atoms with Crippen molar-refractivity contribution in [2.45, 2.75) is 18.9 Å². The molecule has 3 aromatic carbocycles. The van der Waals surface area contributed by atoms with Gasteiger partial charge in [-0.3, -0.25) is 4.79 Å². The zero-order chi connectivity index (χ0) is 24.4. The molecule has 0 fully saturated rings. The molecule has 174 valence electrons. The van der Waals surface area contributed by atoms with Gasteiger partial charge in [-0.15, -0.1) is 0 Å². The third-order valence-electron chi connectivity index (χ3n) is 6.00. The van der Waals surface area contributed by atoms with Gasteiger partial charge in [0.25, 0.3) is 6.43 Å². The normalized spacial score (nSPS) is 11.7. The maximum absolute atomic E-state index is 14.2. The number of hydrogen-bond acceptors (Lipinski definition) is 3. The maximum Gasteiger partial charge on any atom is 0.282 e. The summed E-state index contributed by atoms with van der Waals surface area (Å²) in [6.07, 6.45) is -1.47. The predicted octanol–water partition coefficient (Wildman–Crippen LogP) is 6.17. The number of aromatic nitrogens is 3. The second kappa shape index (κ2) is 9.10. The molecule has 1 amide bonds. The van der Waals surface area contributed by atoms with E-state index in [9.17, 15) is 13.6 Å². The molecular formula is C28H22F2N4O. The molecule has 0 aliphatic carbocycles. The summed E-state index contributed by atoms with van der Waals surface area (Å²) in [5, 5.41) is 7.40. The molecular weight excluding hydrogens is 446 g/mol. The highest BCUT2D eigenvalue weighted by atomic mass is 19.3. The number of carbonyl (C=O) groups excluding carboxylic acids is 1. The van der Waals surface area contributed by atoms with Gasteiger partial charge in [0.1, 0.15) is 17.1 Å². The van der Waals surface area contributed by atoms with Crippen LogP contribution in [0.5, 0.6) is 0 Å². The lowest BCUT2D eigenvalue weighted by atomic mass is 9.77. The average molecular weight is 469 g/mol. The molecule has 0 unspecified atom stereocenters. The van der Waals surface area contributed by atoms with Gasteiger partial charge in [-0.05, 0) is 16.7 Å². The fraction of sp³-hybridized carbons (Fsp3) is 0.107. The Hall–Kier alpha value is -4.39. The standard InChI is InChI=1S/C28H22F2N4O/c1-19(35)32-25-17-24-23(18-31-25)26(27(29)30)33-34(24)28(20-11-5-2-6-12-20,21-13-7-3-8-14-21)22-15-9-4-10-16-22/h2-18,27H,1H3,(H,31,32,35). The molecule has 1 N–H and O–H groups in total. The minimum atomic E-state index is -2.81. The van der Waals surface area contributed by atoms with Crippen molar-refractivity contribution in [3.63, 3.8) is 0 Å². The molecule has 0 aliphatic heterocycles. The van der Waals surface area contributed by atoms with E-state index in [2.05, 4.69) is 15.4 Å². The summed E-state index contributed by atoms with van der Waals surface area (Å²) in [6.45, 7) is 1.37. The highest BCUT2D eigenvalue weighted by Gasteiger charge is 2.41. The van der Waals surface area contributed by atoms with E-state index in [1.165, 1.54) is 13.1 Å². The molecule has 0 radical (unpaired) electrons. The van der Waals surface area contributed by atoms with E-state index in [4.69, 9.17) is 0 Å². The van der Waals surface area contributed by atoms with Crippen molar-refractivity contribution < 1.29 is 13.6 Å². The first-order chi connectivity index (χ1) is 17.0. The Bertz CT molecular complexity index is 1370. The lowest BCUT2D eigenvalue weighted by molar-refractivity contribution is -0.114. The predicted molar refractivity (Wildman–Crippen MR) is 131 cm³/mol. The molecule has 0 atom stereocenters. The quantitative estimate of drug-likeness (QED) is 0.303. The number of carbonyl (C=O) groups is 1. The molecule has 35 heavy (non-hydrogen) atoms. The summed E-state index contributed by atoms with van der Waals surface area (Å²) in [6, 6.07) is 30.6. The van der Waals surface area contributed by atoms with Crippen LogP contribution in [0.25, 0.3) is 10.9 Å². The Morgan fingerprint density at radius 3 is 1.77 bits per heavy atom. The van der Waals surface area contributed by atoms with Crippen LogP contribution in [0.15, 0.2) is 103 Å². The number of hydrogen-bond donors (Lipinski definition) is 1. The van der Waals surface area contributed by atoms with Crippen molar-refractivity contribution in [3.05, 3.63) is 126 Å². The molecule has 7 heteroatoms. The zero-order valence-electron chi connectivity index (χ0n) is 18.9. The third-order valence-corrected chi connectivity index (χ3v) is 6.00. The summed E-state index contributed by atoms with van der Waals surface area (Å²) < 4.78 is 30.1. The molecule has 5 aromatic rings. The summed E-state index contributed by atoms with van der Waals surface area (Å²) in [5.41, 5.74) is 1.52. The number of rotatable bonds is 6. The second-order valence-electron chi connectivity index (χ2n) is 8.17. The first-order valence-electron chi connectivity index (χ1n) is 11.1. The van der Waals surface area contributed by atoms with Crippen LogP contribution >= 0.6 is 0 Å². The van der Waals surface area contributed by atoms with Crippen molar-refractivity contribution in [1.82, 2.24) is 14.8 Å². The second-order valence-corrected chi connectivity index (χ2v) is 8.17. The first kappa shape index (κ1) is 22.4. The zero-order valence-corrected chi connectivity index (χ0v) is 18.9. The van der Waals surface area contributed by atoms with E-state index in [0.717, 1.165) is 16.7 Å². The maximum atomic E-state index is 14.2. The van der Waals surface area contributed by atoms with Crippen LogP contribution < -0.4 is 5.32 Å². The van der Waals surface area contributed by atoms with Gasteiger partial charge in [-0.25, -0.2) is 18.4 Å². The van der Waals surface area contributed by atoms with Gasteiger partial charge in [0.2, 0.25) is 5.91 Å². The first-order valence-corrected chi connectivity index (χ1v) is 11.1. The molecule has 0 bridgehead atoms. The van der Waals surface area contributed by atoms with Crippen LogP contribution in [0, 0.1) is 0 Å². The Kier molecular flexibility index (Phi) is 5.82. The van der Waals surface area contributed by atoms with E-state index >= 15 is 0 Å². The van der Waals surface area contributed by atoms with E-state index in [1.807, 2.05) is 91.0 Å². The Labute approximate surface area is 201 Å². The van der Waals surface area contributed by atoms with Crippen LogP contribution in [0.1, 0.15) is 35.7 Å². The fourth-order valence-corrected chi connectivity index (χ4v) is 4.60. The molecule has 0 spiro atoms. The monoisotopic (exact) mass is 468 g/mol. The number of nitrogens with zero attached hydrogens (tertiary/aromatic N) is 3. The summed E-state index contributed by atoms with van der Waals surface area (Å²) in [7, 11) is 0. The lowest BCUT2D eigenvalue weighted by Crippen LogP contribution is -2.38. The highest BCUT2D eigenvalue weighted by molar-refractivity contribution is 5.91. The number of fused-ring (bicyclic) bond motifs is 1. The lowest BCUT2D eigenvalue weighted by Gasteiger charge is -2.37.